The van der Waals surface area contributed by atoms with Gasteiger partial charge in [0.25, 0.3) is 0 Å². The molecule has 2 rings (SSSR count). The highest BCUT2D eigenvalue weighted by Crippen LogP contribution is 2.24. The molecular formula is C15H20F3NO2. The second-order valence-corrected chi connectivity index (χ2v) is 5.33. The zero-order chi connectivity index (χ0) is 15.3. The monoisotopic (exact) mass is 303 g/mol. The number of hydrogen-bond acceptors (Lipinski definition) is 3. The maximum atomic E-state index is 12.1. The molecule has 21 heavy (non-hydrogen) atoms. The fraction of sp³-hybridized carbons (Fsp3) is 0.600. The molecule has 1 aromatic rings. The molecule has 1 N–H and O–H groups in total. The van der Waals surface area contributed by atoms with Crippen molar-refractivity contribution in [1.82, 2.24) is 5.32 Å². The lowest BCUT2D eigenvalue weighted by Crippen LogP contribution is -2.30. The third-order valence-electron chi connectivity index (χ3n) is 3.58. The molecule has 0 spiro atoms. The van der Waals surface area contributed by atoms with Crippen LogP contribution in [0.3, 0.4) is 0 Å². The maximum absolute atomic E-state index is 12.1. The summed E-state index contributed by atoms with van der Waals surface area (Å²) in [6.07, 6.45) is -2.41. The van der Waals surface area contributed by atoms with Crippen LogP contribution in [-0.2, 0) is 4.74 Å². The van der Waals surface area contributed by atoms with Crippen LogP contribution in [0.5, 0.6) is 5.75 Å². The highest BCUT2D eigenvalue weighted by molar-refractivity contribution is 5.29. The van der Waals surface area contributed by atoms with Crippen LogP contribution in [0, 0.1) is 5.92 Å². The van der Waals surface area contributed by atoms with Crippen molar-refractivity contribution in [1.29, 1.82) is 0 Å². The van der Waals surface area contributed by atoms with Gasteiger partial charge in [-0.05, 0) is 43.4 Å². The van der Waals surface area contributed by atoms with Crippen molar-refractivity contribution in [3.8, 4) is 5.75 Å². The Hall–Kier alpha value is -1.27. The Balaban J connectivity index is 1.83. The summed E-state index contributed by atoms with van der Waals surface area (Å²) in [6, 6.07) is 6.05. The third-order valence-corrected chi connectivity index (χ3v) is 3.58. The molecule has 2 unspecified atom stereocenters. The number of alkyl halides is 3. The van der Waals surface area contributed by atoms with E-state index in [4.69, 9.17) is 4.74 Å². The number of hydrogen-bond donors (Lipinski definition) is 1. The smallest absolute Gasteiger partial charge is 0.406 e. The predicted octanol–water partition coefficient (Wildman–Crippen LogP) is 3.66. The summed E-state index contributed by atoms with van der Waals surface area (Å²) in [5.41, 5.74) is 0.932. The topological polar surface area (TPSA) is 30.5 Å². The highest BCUT2D eigenvalue weighted by atomic mass is 19.4. The molecule has 2 atom stereocenters. The normalized spacial score (nSPS) is 21.0. The van der Waals surface area contributed by atoms with Crippen LogP contribution in [-0.4, -0.2) is 26.1 Å². The Morgan fingerprint density at radius 1 is 1.33 bits per heavy atom. The third kappa shape index (κ3) is 5.55. The van der Waals surface area contributed by atoms with Gasteiger partial charge in [-0.25, -0.2) is 0 Å². The molecule has 1 aliphatic heterocycles. The lowest BCUT2D eigenvalue weighted by molar-refractivity contribution is -0.274. The van der Waals surface area contributed by atoms with Gasteiger partial charge in [0.2, 0.25) is 0 Å². The number of ether oxygens (including phenoxy) is 2. The first-order valence-corrected chi connectivity index (χ1v) is 7.11. The standard InChI is InChI=1S/C15H20F3NO2/c1-11(19-9-12-3-2-8-20-10-12)13-4-6-14(7-5-13)21-15(16,17)18/h4-7,11-12,19H,2-3,8-10H2,1H3. The second-order valence-electron chi connectivity index (χ2n) is 5.33. The van der Waals surface area contributed by atoms with Gasteiger partial charge in [0.05, 0.1) is 6.61 Å². The van der Waals surface area contributed by atoms with Crippen molar-refractivity contribution >= 4 is 0 Å². The molecule has 0 saturated carbocycles. The molecule has 1 heterocycles. The maximum Gasteiger partial charge on any atom is 0.573 e. The molecule has 0 amide bonds. The van der Waals surface area contributed by atoms with Crippen molar-refractivity contribution in [3.05, 3.63) is 29.8 Å². The fourth-order valence-electron chi connectivity index (χ4n) is 2.39. The van der Waals surface area contributed by atoms with Crippen LogP contribution in [0.25, 0.3) is 0 Å². The molecule has 3 nitrogen and oxygen atoms in total. The van der Waals surface area contributed by atoms with Crippen molar-refractivity contribution in [2.45, 2.75) is 32.2 Å². The Morgan fingerprint density at radius 2 is 2.05 bits per heavy atom. The molecule has 0 aromatic heterocycles. The Bertz CT molecular complexity index is 428. The van der Waals surface area contributed by atoms with E-state index in [1.807, 2.05) is 6.92 Å². The molecule has 1 saturated heterocycles. The summed E-state index contributed by atoms with van der Waals surface area (Å²) in [4.78, 5) is 0. The quantitative estimate of drug-likeness (QED) is 0.900. The number of halogens is 3. The van der Waals surface area contributed by atoms with Crippen molar-refractivity contribution in [3.63, 3.8) is 0 Å². The number of rotatable bonds is 5. The summed E-state index contributed by atoms with van der Waals surface area (Å²) in [6.45, 7) is 4.45. The van der Waals surface area contributed by atoms with E-state index in [9.17, 15) is 13.2 Å². The molecular weight excluding hydrogens is 283 g/mol. The minimum absolute atomic E-state index is 0.0758. The number of benzene rings is 1. The Morgan fingerprint density at radius 3 is 2.62 bits per heavy atom. The molecule has 0 bridgehead atoms. The van der Waals surface area contributed by atoms with E-state index in [0.717, 1.165) is 38.2 Å². The van der Waals surface area contributed by atoms with Gasteiger partial charge in [-0.1, -0.05) is 12.1 Å². The van der Waals surface area contributed by atoms with Crippen molar-refractivity contribution < 1.29 is 22.6 Å². The predicted molar refractivity (Wildman–Crippen MR) is 73.1 cm³/mol. The SMILES string of the molecule is CC(NCC1CCCOC1)c1ccc(OC(F)(F)F)cc1. The van der Waals surface area contributed by atoms with Gasteiger partial charge in [-0.3, -0.25) is 0 Å². The van der Waals surface area contributed by atoms with Gasteiger partial charge >= 0.3 is 6.36 Å². The lowest BCUT2D eigenvalue weighted by Gasteiger charge is -2.24. The second kappa shape index (κ2) is 7.13. The first kappa shape index (κ1) is 16.1. The Labute approximate surface area is 122 Å². The minimum Gasteiger partial charge on any atom is -0.406 e. The van der Waals surface area contributed by atoms with E-state index in [0.29, 0.717) is 5.92 Å². The molecule has 1 fully saturated rings. The van der Waals surface area contributed by atoms with Crippen LogP contribution in [0.1, 0.15) is 31.4 Å². The van der Waals surface area contributed by atoms with E-state index in [-0.39, 0.29) is 11.8 Å². The summed E-state index contributed by atoms with van der Waals surface area (Å²) >= 11 is 0. The van der Waals surface area contributed by atoms with E-state index in [1.165, 1.54) is 12.1 Å². The molecule has 0 radical (unpaired) electrons. The van der Waals surface area contributed by atoms with Crippen LogP contribution in [0.15, 0.2) is 24.3 Å². The van der Waals surface area contributed by atoms with Crippen LogP contribution < -0.4 is 10.1 Å². The van der Waals surface area contributed by atoms with E-state index < -0.39 is 6.36 Å². The largest absolute Gasteiger partial charge is 0.573 e. The Kier molecular flexibility index (Phi) is 5.47. The van der Waals surface area contributed by atoms with E-state index in [1.54, 1.807) is 12.1 Å². The summed E-state index contributed by atoms with van der Waals surface area (Å²) in [7, 11) is 0. The highest BCUT2D eigenvalue weighted by Gasteiger charge is 2.31. The van der Waals surface area contributed by atoms with Gasteiger partial charge < -0.3 is 14.8 Å². The van der Waals surface area contributed by atoms with Crippen molar-refractivity contribution in [2.75, 3.05) is 19.8 Å². The lowest BCUT2D eigenvalue weighted by atomic mass is 10.0. The number of nitrogens with one attached hydrogen (secondary N) is 1. The molecule has 118 valence electrons. The first-order chi connectivity index (χ1) is 9.94. The molecule has 6 heteroatoms. The zero-order valence-corrected chi connectivity index (χ0v) is 12.0. The minimum atomic E-state index is -4.65. The van der Waals surface area contributed by atoms with E-state index >= 15 is 0 Å². The van der Waals surface area contributed by atoms with Gasteiger partial charge in [-0.15, -0.1) is 13.2 Å². The zero-order valence-electron chi connectivity index (χ0n) is 12.0. The summed E-state index contributed by atoms with van der Waals surface area (Å²) in [5.74, 6) is 0.313. The van der Waals surface area contributed by atoms with Gasteiger partial charge in [-0.2, -0.15) is 0 Å². The van der Waals surface area contributed by atoms with Gasteiger partial charge in [0, 0.05) is 19.2 Å². The van der Waals surface area contributed by atoms with Crippen molar-refractivity contribution in [2.24, 2.45) is 5.92 Å². The van der Waals surface area contributed by atoms with Crippen LogP contribution in [0.2, 0.25) is 0 Å². The molecule has 0 aliphatic carbocycles. The summed E-state index contributed by atoms with van der Waals surface area (Å²) in [5, 5.41) is 3.39. The van der Waals surface area contributed by atoms with Gasteiger partial charge in [0.15, 0.2) is 0 Å². The molecule has 1 aromatic carbocycles. The average Bonchev–Trinajstić information content (AvgIpc) is 2.45. The van der Waals surface area contributed by atoms with E-state index in [2.05, 4.69) is 10.1 Å². The van der Waals surface area contributed by atoms with Gasteiger partial charge in [0.1, 0.15) is 5.75 Å². The van der Waals surface area contributed by atoms with Crippen LogP contribution in [0.4, 0.5) is 13.2 Å². The first-order valence-electron chi connectivity index (χ1n) is 7.11. The average molecular weight is 303 g/mol. The molecule has 1 aliphatic rings. The van der Waals surface area contributed by atoms with Crippen LogP contribution >= 0.6 is 0 Å². The summed E-state index contributed by atoms with van der Waals surface area (Å²) < 4.78 is 45.5. The fourth-order valence-corrected chi connectivity index (χ4v) is 2.39.